The molecule has 26 heavy (non-hydrogen) atoms. The van der Waals surface area contributed by atoms with Crippen LogP contribution < -0.4 is 4.90 Å². The molecule has 0 bridgehead atoms. The maximum atomic E-state index is 12.6. The van der Waals surface area contributed by atoms with E-state index in [4.69, 9.17) is 4.74 Å². The highest BCUT2D eigenvalue weighted by Crippen LogP contribution is 2.41. The third-order valence-electron chi connectivity index (χ3n) is 4.55. The van der Waals surface area contributed by atoms with Gasteiger partial charge in [0.15, 0.2) is 0 Å². The first kappa shape index (κ1) is 18.4. The molecule has 5 nitrogen and oxygen atoms in total. The van der Waals surface area contributed by atoms with Crippen LogP contribution in [0, 0.1) is 0 Å². The number of aryl methyl sites for hydroxylation is 2. The predicted molar refractivity (Wildman–Crippen MR) is 102 cm³/mol. The van der Waals surface area contributed by atoms with Gasteiger partial charge in [-0.15, -0.1) is 0 Å². The van der Waals surface area contributed by atoms with Crippen molar-refractivity contribution in [3.05, 3.63) is 53.3 Å². The van der Waals surface area contributed by atoms with E-state index in [9.17, 15) is 4.79 Å². The molecule has 0 unspecified atom stereocenters. The van der Waals surface area contributed by atoms with Gasteiger partial charge in [-0.2, -0.15) is 10.2 Å². The molecule has 1 aliphatic heterocycles. The summed E-state index contributed by atoms with van der Waals surface area (Å²) >= 11 is 0. The highest BCUT2D eigenvalue weighted by Gasteiger charge is 2.39. The van der Waals surface area contributed by atoms with Gasteiger partial charge in [-0.05, 0) is 62.9 Å². The van der Waals surface area contributed by atoms with E-state index in [-0.39, 0.29) is 11.5 Å². The normalized spacial score (nSPS) is 15.7. The summed E-state index contributed by atoms with van der Waals surface area (Å²) in [6.45, 7) is 10.6. The zero-order valence-electron chi connectivity index (χ0n) is 16.2. The van der Waals surface area contributed by atoms with Gasteiger partial charge < -0.3 is 4.74 Å². The van der Waals surface area contributed by atoms with Crippen molar-refractivity contribution < 1.29 is 9.53 Å². The van der Waals surface area contributed by atoms with Gasteiger partial charge >= 0.3 is 6.09 Å². The quantitative estimate of drug-likeness (QED) is 0.826. The Labute approximate surface area is 155 Å². The van der Waals surface area contributed by atoms with Crippen molar-refractivity contribution >= 4 is 11.8 Å². The Morgan fingerprint density at radius 3 is 2.65 bits per heavy atom. The third kappa shape index (κ3) is 4.03. The molecule has 0 saturated heterocycles. The fraction of sp³-hybridized carbons (Fsp3) is 0.476. The first-order valence-corrected chi connectivity index (χ1v) is 9.06. The number of nitrogens with zero attached hydrogens (tertiary/aromatic N) is 3. The third-order valence-corrected chi connectivity index (χ3v) is 4.55. The molecule has 0 aliphatic carbocycles. The van der Waals surface area contributed by atoms with E-state index in [1.807, 2.05) is 39.0 Å². The standard InChI is InChI=1S/C21H27N3O2/c1-20(2,3)26-19(25)24-14-21(4,5)17-13-15(9-11-18(17)24)8-10-16-7-6-12-22-23-16/h6-7,9,11-13H,8,10,14H2,1-5H3. The molecular weight excluding hydrogens is 326 g/mol. The smallest absolute Gasteiger partial charge is 0.414 e. The zero-order chi connectivity index (χ0) is 18.9. The van der Waals surface area contributed by atoms with Crippen molar-refractivity contribution in [1.82, 2.24) is 10.2 Å². The number of carbonyl (C=O) groups excluding carboxylic acids is 1. The van der Waals surface area contributed by atoms with Crippen molar-refractivity contribution in [3.63, 3.8) is 0 Å². The van der Waals surface area contributed by atoms with Crippen molar-refractivity contribution in [1.29, 1.82) is 0 Å². The molecule has 0 N–H and O–H groups in total. The number of fused-ring (bicyclic) bond motifs is 1. The first-order valence-electron chi connectivity index (χ1n) is 9.06. The Balaban J connectivity index is 1.80. The summed E-state index contributed by atoms with van der Waals surface area (Å²) in [5.74, 6) is 0. The summed E-state index contributed by atoms with van der Waals surface area (Å²) in [5.41, 5.74) is 3.78. The molecule has 1 aromatic heterocycles. The van der Waals surface area contributed by atoms with Crippen LogP contribution in [0.1, 0.15) is 51.4 Å². The lowest BCUT2D eigenvalue weighted by molar-refractivity contribution is 0.0579. The SMILES string of the molecule is CC(C)(C)OC(=O)N1CC(C)(C)c2cc(CCc3cccnn3)ccc21. The minimum Gasteiger partial charge on any atom is -0.443 e. The second-order valence-electron chi connectivity index (χ2n) is 8.52. The van der Waals surface area contributed by atoms with Crippen molar-refractivity contribution in [2.24, 2.45) is 0 Å². The van der Waals surface area contributed by atoms with Gasteiger partial charge in [0, 0.05) is 18.2 Å². The maximum Gasteiger partial charge on any atom is 0.414 e. The molecule has 0 spiro atoms. The number of hydrogen-bond acceptors (Lipinski definition) is 4. The Bertz CT molecular complexity index is 795. The molecule has 1 amide bonds. The number of benzene rings is 1. The average molecular weight is 353 g/mol. The van der Waals surface area contributed by atoms with Crippen LogP contribution >= 0.6 is 0 Å². The molecular formula is C21H27N3O2. The van der Waals surface area contributed by atoms with Gasteiger partial charge in [0.05, 0.1) is 11.4 Å². The Kier molecular flexibility index (Phi) is 4.74. The zero-order valence-corrected chi connectivity index (χ0v) is 16.2. The van der Waals surface area contributed by atoms with E-state index >= 15 is 0 Å². The Morgan fingerprint density at radius 1 is 1.23 bits per heavy atom. The number of hydrogen-bond donors (Lipinski definition) is 0. The van der Waals surface area contributed by atoms with E-state index in [0.29, 0.717) is 6.54 Å². The largest absolute Gasteiger partial charge is 0.443 e. The molecule has 0 atom stereocenters. The second-order valence-corrected chi connectivity index (χ2v) is 8.52. The van der Waals surface area contributed by atoms with Gasteiger partial charge in [0.25, 0.3) is 0 Å². The summed E-state index contributed by atoms with van der Waals surface area (Å²) in [5, 5.41) is 8.07. The minimum absolute atomic E-state index is 0.102. The van der Waals surface area contributed by atoms with Gasteiger partial charge in [-0.25, -0.2) is 4.79 Å². The lowest BCUT2D eigenvalue weighted by atomic mass is 9.85. The minimum atomic E-state index is -0.499. The average Bonchev–Trinajstić information content (AvgIpc) is 2.84. The van der Waals surface area contributed by atoms with E-state index < -0.39 is 5.60 Å². The van der Waals surface area contributed by atoms with E-state index in [1.54, 1.807) is 11.1 Å². The van der Waals surface area contributed by atoms with Crippen LogP contribution in [0.3, 0.4) is 0 Å². The summed E-state index contributed by atoms with van der Waals surface area (Å²) in [4.78, 5) is 14.4. The molecule has 1 aliphatic rings. The van der Waals surface area contributed by atoms with Crippen molar-refractivity contribution in [2.45, 2.75) is 58.5 Å². The summed E-state index contributed by atoms with van der Waals surface area (Å²) in [7, 11) is 0. The topological polar surface area (TPSA) is 55.3 Å². The fourth-order valence-corrected chi connectivity index (χ4v) is 3.30. The Morgan fingerprint density at radius 2 is 2.00 bits per heavy atom. The predicted octanol–water partition coefficient (Wildman–Crippen LogP) is 4.29. The molecule has 2 aromatic rings. The summed E-state index contributed by atoms with van der Waals surface area (Å²) in [6.07, 6.45) is 3.15. The number of aromatic nitrogens is 2. The maximum absolute atomic E-state index is 12.6. The molecule has 0 saturated carbocycles. The molecule has 1 aromatic carbocycles. The molecule has 2 heterocycles. The Hall–Kier alpha value is -2.43. The first-order chi connectivity index (χ1) is 12.2. The van der Waals surface area contributed by atoms with Crippen LogP contribution in [0.25, 0.3) is 0 Å². The van der Waals surface area contributed by atoms with Crippen LogP contribution in [-0.4, -0.2) is 28.4 Å². The van der Waals surface area contributed by atoms with Crippen LogP contribution in [0.5, 0.6) is 0 Å². The highest BCUT2D eigenvalue weighted by molar-refractivity contribution is 5.91. The lowest BCUT2D eigenvalue weighted by Gasteiger charge is -2.25. The van der Waals surface area contributed by atoms with Crippen LogP contribution in [0.15, 0.2) is 36.5 Å². The second kappa shape index (κ2) is 6.71. The molecule has 5 heteroatoms. The van der Waals surface area contributed by atoms with Crippen LogP contribution in [0.2, 0.25) is 0 Å². The van der Waals surface area contributed by atoms with Crippen LogP contribution in [-0.2, 0) is 23.0 Å². The van der Waals surface area contributed by atoms with Gasteiger partial charge in [-0.3, -0.25) is 4.90 Å². The van der Waals surface area contributed by atoms with E-state index in [2.05, 4.69) is 36.2 Å². The van der Waals surface area contributed by atoms with E-state index in [0.717, 1.165) is 24.2 Å². The van der Waals surface area contributed by atoms with Crippen molar-refractivity contribution in [2.75, 3.05) is 11.4 Å². The number of ether oxygens (including phenoxy) is 1. The highest BCUT2D eigenvalue weighted by atomic mass is 16.6. The van der Waals surface area contributed by atoms with Gasteiger partial charge in [0.1, 0.15) is 5.60 Å². The fourth-order valence-electron chi connectivity index (χ4n) is 3.30. The van der Waals surface area contributed by atoms with Gasteiger partial charge in [0.2, 0.25) is 0 Å². The molecule has 3 rings (SSSR count). The number of anilines is 1. The number of carbonyl (C=O) groups is 1. The summed E-state index contributed by atoms with van der Waals surface area (Å²) < 4.78 is 5.58. The number of amides is 1. The molecule has 138 valence electrons. The van der Waals surface area contributed by atoms with E-state index in [1.165, 1.54) is 11.1 Å². The molecule has 0 fully saturated rings. The lowest BCUT2D eigenvalue weighted by Crippen LogP contribution is -2.38. The summed E-state index contributed by atoms with van der Waals surface area (Å²) in [6, 6.07) is 10.3. The molecule has 0 radical (unpaired) electrons. The van der Waals surface area contributed by atoms with Crippen molar-refractivity contribution in [3.8, 4) is 0 Å². The van der Waals surface area contributed by atoms with Gasteiger partial charge in [-0.1, -0.05) is 26.0 Å². The van der Waals surface area contributed by atoms with Crippen LogP contribution in [0.4, 0.5) is 10.5 Å². The monoisotopic (exact) mass is 353 g/mol. The number of rotatable bonds is 3.